The van der Waals surface area contributed by atoms with Crippen molar-refractivity contribution in [3.63, 3.8) is 0 Å². The maximum atomic E-state index is 12.8. The Morgan fingerprint density at radius 1 is 0.947 bits per heavy atom. The second-order valence-electron chi connectivity index (χ2n) is 8.54. The Labute approximate surface area is 216 Å². The van der Waals surface area contributed by atoms with Gasteiger partial charge in [0.1, 0.15) is 23.9 Å². The summed E-state index contributed by atoms with van der Waals surface area (Å²) in [5.74, 6) is -5.95. The van der Waals surface area contributed by atoms with Crippen molar-refractivity contribution in [1.82, 2.24) is 25.9 Å². The average molecular weight is 535 g/mol. The Bertz CT molecular complexity index is 1120. The molecule has 3 amide bonds. The lowest BCUT2D eigenvalue weighted by molar-refractivity contribution is -0.143. The molecule has 0 fully saturated rings. The summed E-state index contributed by atoms with van der Waals surface area (Å²) in [6.45, 7) is 1.19. The molecule has 5 atom stereocenters. The minimum absolute atomic E-state index is 0.0433. The van der Waals surface area contributed by atoms with E-state index in [1.54, 1.807) is 0 Å². The van der Waals surface area contributed by atoms with Crippen LogP contribution in [0.1, 0.15) is 24.6 Å². The molecule has 2 rings (SSSR count). The Morgan fingerprint density at radius 3 is 2.11 bits per heavy atom. The van der Waals surface area contributed by atoms with Crippen molar-refractivity contribution < 1.29 is 44.4 Å². The molecular formula is C23H30N6O9. The van der Waals surface area contributed by atoms with Gasteiger partial charge in [0, 0.05) is 24.7 Å². The summed E-state index contributed by atoms with van der Waals surface area (Å²) < 4.78 is 0. The van der Waals surface area contributed by atoms with Crippen molar-refractivity contribution in [2.24, 2.45) is 5.73 Å². The largest absolute Gasteiger partial charge is 0.508 e. The van der Waals surface area contributed by atoms with Gasteiger partial charge in [-0.05, 0) is 24.6 Å². The third kappa shape index (κ3) is 9.18. The number of aromatic amines is 1. The maximum absolute atomic E-state index is 12.8. The lowest BCUT2D eigenvalue weighted by Gasteiger charge is -2.26. The van der Waals surface area contributed by atoms with Gasteiger partial charge in [-0.2, -0.15) is 0 Å². The minimum atomic E-state index is -1.74. The number of nitrogens with two attached hydrogens (primary N) is 1. The predicted octanol–water partition coefficient (Wildman–Crippen LogP) is -2.38. The molecule has 1 aromatic carbocycles. The highest BCUT2D eigenvalue weighted by molar-refractivity contribution is 5.95. The van der Waals surface area contributed by atoms with Crippen molar-refractivity contribution in [3.8, 4) is 5.75 Å². The number of aliphatic carboxylic acids is 2. The lowest BCUT2D eigenvalue weighted by Crippen LogP contribution is -2.60. The van der Waals surface area contributed by atoms with Crippen LogP contribution in [-0.4, -0.2) is 90.3 Å². The van der Waals surface area contributed by atoms with Gasteiger partial charge in [-0.3, -0.25) is 19.2 Å². The number of carbonyl (C=O) groups is 5. The summed E-state index contributed by atoms with van der Waals surface area (Å²) in [6, 6.07) is -0.414. The monoisotopic (exact) mass is 534 g/mol. The Balaban J connectivity index is 2.10. The third-order valence-corrected chi connectivity index (χ3v) is 5.40. The van der Waals surface area contributed by atoms with E-state index in [9.17, 15) is 44.4 Å². The molecule has 0 saturated carbocycles. The number of carboxylic acid groups (broad SMARTS) is 2. The van der Waals surface area contributed by atoms with E-state index in [1.807, 2.05) is 0 Å². The lowest BCUT2D eigenvalue weighted by atomic mass is 10.0. The van der Waals surface area contributed by atoms with Crippen LogP contribution in [0, 0.1) is 0 Å². The fraction of sp³-hybridized carbons (Fsp3) is 0.391. The Hall–Kier alpha value is -4.50. The number of hydrogen-bond acceptors (Lipinski definition) is 9. The van der Waals surface area contributed by atoms with Gasteiger partial charge < -0.3 is 47.1 Å². The van der Waals surface area contributed by atoms with Crippen molar-refractivity contribution in [3.05, 3.63) is 48.0 Å². The molecule has 0 saturated heterocycles. The van der Waals surface area contributed by atoms with E-state index >= 15 is 0 Å². The highest BCUT2D eigenvalue weighted by Gasteiger charge is 2.33. The second kappa shape index (κ2) is 13.7. The predicted molar refractivity (Wildman–Crippen MR) is 129 cm³/mol. The number of nitrogens with one attached hydrogen (secondary N) is 4. The van der Waals surface area contributed by atoms with E-state index in [0.717, 1.165) is 0 Å². The molecule has 0 spiro atoms. The van der Waals surface area contributed by atoms with Gasteiger partial charge in [-0.15, -0.1) is 0 Å². The first-order valence-corrected chi connectivity index (χ1v) is 11.4. The van der Waals surface area contributed by atoms with Crippen LogP contribution < -0.4 is 21.7 Å². The summed E-state index contributed by atoms with van der Waals surface area (Å²) in [5, 5.41) is 44.8. The number of imidazole rings is 1. The first kappa shape index (κ1) is 29.7. The number of aliphatic hydroxyl groups excluding tert-OH is 1. The molecular weight excluding hydrogens is 504 g/mol. The number of carbonyl (C=O) groups excluding carboxylic acids is 3. The van der Waals surface area contributed by atoms with Crippen molar-refractivity contribution in [1.29, 1.82) is 0 Å². The Kier molecular flexibility index (Phi) is 10.7. The first-order valence-electron chi connectivity index (χ1n) is 11.4. The molecule has 2 aromatic rings. The molecule has 206 valence electrons. The number of benzene rings is 1. The van der Waals surface area contributed by atoms with Crippen LogP contribution in [0.2, 0.25) is 0 Å². The standard InChI is InChI=1S/C23H30N6O9/c1-11(30)19(29-20(34)15(24)7-13-9-25-10-26-13)22(36)27-16(8-18(32)33)21(35)28-17(23(37)38)6-12-2-4-14(31)5-3-12/h2-5,9-11,15-17,19,30-31H,6-8,24H2,1H3,(H,25,26)(H,27,36)(H,28,35)(H,29,34)(H,32,33)(H,37,38). The van der Waals surface area contributed by atoms with Gasteiger partial charge in [0.05, 0.1) is 24.9 Å². The summed E-state index contributed by atoms with van der Waals surface area (Å²) in [5.41, 5.74) is 6.84. The van der Waals surface area contributed by atoms with Gasteiger partial charge >= 0.3 is 11.9 Å². The van der Waals surface area contributed by atoms with Crippen LogP contribution in [0.4, 0.5) is 0 Å². The number of hydrogen-bond donors (Lipinski definition) is 9. The second-order valence-corrected chi connectivity index (χ2v) is 8.54. The molecule has 15 nitrogen and oxygen atoms in total. The van der Waals surface area contributed by atoms with Crippen LogP contribution >= 0.6 is 0 Å². The molecule has 0 radical (unpaired) electrons. The first-order chi connectivity index (χ1) is 17.9. The number of aromatic hydroxyl groups is 1. The Morgan fingerprint density at radius 2 is 1.58 bits per heavy atom. The van der Waals surface area contributed by atoms with Gasteiger partial charge in [0.15, 0.2) is 0 Å². The molecule has 0 aliphatic rings. The van der Waals surface area contributed by atoms with Crippen LogP contribution in [0.25, 0.3) is 0 Å². The van der Waals surface area contributed by atoms with Crippen LogP contribution in [0.5, 0.6) is 5.75 Å². The molecule has 0 aliphatic heterocycles. The van der Waals surface area contributed by atoms with Gasteiger partial charge in [0.2, 0.25) is 17.7 Å². The fourth-order valence-electron chi connectivity index (χ4n) is 3.38. The van der Waals surface area contributed by atoms with Gasteiger partial charge in [0.25, 0.3) is 0 Å². The van der Waals surface area contributed by atoms with E-state index < -0.39 is 66.4 Å². The smallest absolute Gasteiger partial charge is 0.326 e. The third-order valence-electron chi connectivity index (χ3n) is 5.40. The van der Waals surface area contributed by atoms with Crippen molar-refractivity contribution >= 4 is 29.7 Å². The molecule has 0 bridgehead atoms. The quantitative estimate of drug-likeness (QED) is 0.124. The number of H-pyrrole nitrogens is 1. The van der Waals surface area contributed by atoms with E-state index in [-0.39, 0.29) is 18.6 Å². The number of phenols is 1. The van der Waals surface area contributed by atoms with E-state index in [4.69, 9.17) is 5.73 Å². The number of rotatable bonds is 14. The number of carboxylic acids is 2. The van der Waals surface area contributed by atoms with Gasteiger partial charge in [-0.25, -0.2) is 9.78 Å². The molecule has 5 unspecified atom stereocenters. The van der Waals surface area contributed by atoms with Crippen LogP contribution in [-0.2, 0) is 36.8 Å². The highest BCUT2D eigenvalue weighted by Crippen LogP contribution is 2.12. The summed E-state index contributed by atoms with van der Waals surface area (Å²) in [4.78, 5) is 67.7. The molecule has 1 heterocycles. The van der Waals surface area contributed by atoms with Crippen molar-refractivity contribution in [2.75, 3.05) is 0 Å². The average Bonchev–Trinajstić information content (AvgIpc) is 3.35. The summed E-state index contributed by atoms with van der Waals surface area (Å²) in [7, 11) is 0. The van der Waals surface area contributed by atoms with E-state index in [0.29, 0.717) is 11.3 Å². The number of amides is 3. The topological polar surface area (TPSA) is 257 Å². The number of phenolic OH excluding ortho intramolecular Hbond substituents is 1. The minimum Gasteiger partial charge on any atom is -0.508 e. The molecule has 38 heavy (non-hydrogen) atoms. The number of nitrogens with zero attached hydrogens (tertiary/aromatic N) is 1. The zero-order valence-electron chi connectivity index (χ0n) is 20.3. The summed E-state index contributed by atoms with van der Waals surface area (Å²) in [6.07, 6.45) is 0.306. The number of aliphatic hydroxyl groups is 1. The molecule has 1 aromatic heterocycles. The van der Waals surface area contributed by atoms with E-state index in [2.05, 4.69) is 25.9 Å². The van der Waals surface area contributed by atoms with Gasteiger partial charge in [-0.1, -0.05) is 12.1 Å². The van der Waals surface area contributed by atoms with E-state index in [1.165, 1.54) is 43.7 Å². The highest BCUT2D eigenvalue weighted by atomic mass is 16.4. The SMILES string of the molecule is CC(O)C(NC(=O)C(N)Cc1cnc[nH]1)C(=O)NC(CC(=O)O)C(=O)NC(Cc1ccc(O)cc1)C(=O)O. The van der Waals surface area contributed by atoms with Crippen LogP contribution in [0.3, 0.4) is 0 Å². The normalized spacial score (nSPS) is 14.8. The fourth-order valence-corrected chi connectivity index (χ4v) is 3.38. The molecule has 0 aliphatic carbocycles. The zero-order valence-corrected chi connectivity index (χ0v) is 20.3. The summed E-state index contributed by atoms with van der Waals surface area (Å²) >= 11 is 0. The maximum Gasteiger partial charge on any atom is 0.326 e. The van der Waals surface area contributed by atoms with Crippen LogP contribution in [0.15, 0.2) is 36.8 Å². The number of aromatic nitrogens is 2. The van der Waals surface area contributed by atoms with Crippen molar-refractivity contribution in [2.45, 2.75) is 56.5 Å². The molecule has 10 N–H and O–H groups in total. The molecule has 15 heteroatoms. The zero-order chi connectivity index (χ0) is 28.4.